The zero-order valence-corrected chi connectivity index (χ0v) is 17.6. The predicted octanol–water partition coefficient (Wildman–Crippen LogP) is 5.54. The molecule has 0 radical (unpaired) electrons. The van der Waals surface area contributed by atoms with Crippen LogP contribution >= 0.6 is 15.9 Å². The van der Waals surface area contributed by atoms with Gasteiger partial charge in [0.1, 0.15) is 18.1 Å². The molecule has 6 heteroatoms. The zero-order valence-electron chi connectivity index (χ0n) is 16.0. The number of rotatable bonds is 7. The van der Waals surface area contributed by atoms with Crippen molar-refractivity contribution in [3.8, 4) is 5.75 Å². The second-order valence-electron chi connectivity index (χ2n) is 6.61. The summed E-state index contributed by atoms with van der Waals surface area (Å²) < 4.78 is 12.4. The number of amides is 1. The van der Waals surface area contributed by atoms with E-state index in [-0.39, 0.29) is 24.3 Å². The van der Waals surface area contributed by atoms with Gasteiger partial charge in [0.05, 0.1) is 6.04 Å². The second-order valence-corrected chi connectivity index (χ2v) is 7.52. The summed E-state index contributed by atoms with van der Waals surface area (Å²) in [6.07, 6.45) is 3.42. The van der Waals surface area contributed by atoms with Crippen LogP contribution in [0.1, 0.15) is 33.5 Å². The summed E-state index contributed by atoms with van der Waals surface area (Å²) in [5.41, 5.74) is 1.91. The van der Waals surface area contributed by atoms with Crippen molar-refractivity contribution < 1.29 is 13.9 Å². The maximum atomic E-state index is 12.9. The molecule has 30 heavy (non-hydrogen) atoms. The number of hydrogen-bond donors (Lipinski definition) is 1. The summed E-state index contributed by atoms with van der Waals surface area (Å²) in [6.45, 7) is 0.237. The van der Waals surface area contributed by atoms with Crippen LogP contribution in [0, 0.1) is 0 Å². The van der Waals surface area contributed by atoms with Gasteiger partial charge in [-0.15, -0.1) is 0 Å². The molecule has 5 nitrogen and oxygen atoms in total. The van der Waals surface area contributed by atoms with Crippen LogP contribution in [0.25, 0.3) is 0 Å². The maximum absolute atomic E-state index is 12.9. The first-order valence-corrected chi connectivity index (χ1v) is 10.2. The van der Waals surface area contributed by atoms with Crippen LogP contribution in [0.2, 0.25) is 0 Å². The molecule has 2 aromatic carbocycles. The molecule has 150 valence electrons. The van der Waals surface area contributed by atoms with Crippen LogP contribution in [0.3, 0.4) is 0 Å². The molecule has 0 aliphatic heterocycles. The molecule has 4 rings (SSSR count). The molecular weight excluding hydrogens is 444 g/mol. The molecule has 0 saturated carbocycles. The van der Waals surface area contributed by atoms with Gasteiger partial charge in [-0.25, -0.2) is 0 Å². The van der Waals surface area contributed by atoms with Crippen LogP contribution in [0.5, 0.6) is 5.75 Å². The fourth-order valence-electron chi connectivity index (χ4n) is 3.03. The highest BCUT2D eigenvalue weighted by molar-refractivity contribution is 9.10. The summed E-state index contributed by atoms with van der Waals surface area (Å²) in [4.78, 5) is 16.9. The summed E-state index contributed by atoms with van der Waals surface area (Å²) in [5, 5.41) is 3.05. The average Bonchev–Trinajstić information content (AvgIpc) is 3.27. The third-order valence-electron chi connectivity index (χ3n) is 4.53. The molecule has 1 amide bonds. The summed E-state index contributed by atoms with van der Waals surface area (Å²) in [6, 6.07) is 24.2. The van der Waals surface area contributed by atoms with Crippen molar-refractivity contribution in [1.82, 2.24) is 10.3 Å². The van der Waals surface area contributed by atoms with E-state index in [2.05, 4.69) is 26.2 Å². The van der Waals surface area contributed by atoms with E-state index in [1.807, 2.05) is 66.7 Å². The Morgan fingerprint density at radius 2 is 1.63 bits per heavy atom. The highest BCUT2D eigenvalue weighted by Crippen LogP contribution is 2.23. The highest BCUT2D eigenvalue weighted by atomic mass is 79.9. The van der Waals surface area contributed by atoms with Crippen molar-refractivity contribution in [3.63, 3.8) is 0 Å². The first kappa shape index (κ1) is 19.9. The number of carbonyl (C=O) groups is 1. The smallest absolute Gasteiger partial charge is 0.287 e. The second kappa shape index (κ2) is 9.41. The Morgan fingerprint density at radius 1 is 0.933 bits per heavy atom. The summed E-state index contributed by atoms with van der Waals surface area (Å²) in [7, 11) is 0. The van der Waals surface area contributed by atoms with Crippen LogP contribution < -0.4 is 10.1 Å². The Bertz CT molecular complexity index is 1060. The molecule has 0 aliphatic carbocycles. The molecule has 0 fully saturated rings. The molecule has 2 aromatic heterocycles. The average molecular weight is 463 g/mol. The van der Waals surface area contributed by atoms with Gasteiger partial charge in [-0.3, -0.25) is 9.78 Å². The van der Waals surface area contributed by atoms with Gasteiger partial charge in [-0.05, 0) is 59.7 Å². The molecule has 2 heterocycles. The fraction of sp³-hybridized carbons (Fsp3) is 0.0833. The molecule has 1 unspecified atom stereocenters. The highest BCUT2D eigenvalue weighted by Gasteiger charge is 2.20. The lowest BCUT2D eigenvalue weighted by atomic mass is 9.99. The van der Waals surface area contributed by atoms with E-state index in [1.54, 1.807) is 24.5 Å². The minimum atomic E-state index is -0.311. The summed E-state index contributed by atoms with van der Waals surface area (Å²) in [5.74, 6) is 1.24. The van der Waals surface area contributed by atoms with Gasteiger partial charge in [0.25, 0.3) is 5.91 Å². The Labute approximate surface area is 182 Å². The van der Waals surface area contributed by atoms with E-state index >= 15 is 0 Å². The topological polar surface area (TPSA) is 64.4 Å². The zero-order chi connectivity index (χ0) is 20.8. The predicted molar refractivity (Wildman–Crippen MR) is 117 cm³/mol. The van der Waals surface area contributed by atoms with E-state index in [0.717, 1.165) is 21.3 Å². The largest absolute Gasteiger partial charge is 0.486 e. The minimum absolute atomic E-state index is 0.236. The lowest BCUT2D eigenvalue weighted by Gasteiger charge is -2.19. The number of halogens is 1. The van der Waals surface area contributed by atoms with Crippen LogP contribution in [0.15, 0.2) is 100 Å². The molecule has 0 spiro atoms. The Kier molecular flexibility index (Phi) is 6.25. The molecule has 0 bridgehead atoms. The fourth-order valence-corrected chi connectivity index (χ4v) is 3.29. The normalized spacial score (nSPS) is 11.6. The number of aromatic nitrogens is 1. The van der Waals surface area contributed by atoms with E-state index in [9.17, 15) is 4.79 Å². The first-order chi connectivity index (χ1) is 14.7. The number of furan rings is 1. The third-order valence-corrected chi connectivity index (χ3v) is 5.06. The van der Waals surface area contributed by atoms with E-state index < -0.39 is 0 Å². The molecule has 0 aliphatic rings. The summed E-state index contributed by atoms with van der Waals surface area (Å²) >= 11 is 3.39. The quantitative estimate of drug-likeness (QED) is 0.391. The molecule has 4 aromatic rings. The monoisotopic (exact) mass is 462 g/mol. The van der Waals surface area contributed by atoms with Gasteiger partial charge in [0.2, 0.25) is 0 Å². The van der Waals surface area contributed by atoms with Crippen molar-refractivity contribution in [1.29, 1.82) is 0 Å². The maximum Gasteiger partial charge on any atom is 0.287 e. The van der Waals surface area contributed by atoms with Crippen molar-refractivity contribution in [3.05, 3.63) is 118 Å². The Balaban J connectivity index is 1.46. The van der Waals surface area contributed by atoms with Crippen molar-refractivity contribution in [2.75, 3.05) is 0 Å². The lowest BCUT2D eigenvalue weighted by molar-refractivity contribution is 0.0911. The number of carbonyl (C=O) groups excluding carboxylic acids is 1. The van der Waals surface area contributed by atoms with E-state index in [1.165, 1.54) is 0 Å². The number of ether oxygens (including phenoxy) is 1. The van der Waals surface area contributed by atoms with E-state index in [4.69, 9.17) is 9.15 Å². The van der Waals surface area contributed by atoms with E-state index in [0.29, 0.717) is 5.76 Å². The number of hydrogen-bond acceptors (Lipinski definition) is 4. The third kappa shape index (κ3) is 4.96. The minimum Gasteiger partial charge on any atom is -0.486 e. The SMILES string of the molecule is O=C(NC(c1ccccc1)c1ccncc1)c1ccc(COc2ccc(Br)cc2)o1. The van der Waals surface area contributed by atoms with Crippen LogP contribution in [0.4, 0.5) is 0 Å². The van der Waals surface area contributed by atoms with Gasteiger partial charge >= 0.3 is 0 Å². The lowest BCUT2D eigenvalue weighted by Crippen LogP contribution is -2.29. The first-order valence-electron chi connectivity index (χ1n) is 9.42. The van der Waals surface area contributed by atoms with Crippen molar-refractivity contribution >= 4 is 21.8 Å². The standard InChI is InChI=1S/C24H19BrN2O3/c25-19-6-8-20(9-7-19)29-16-21-10-11-22(30-21)24(28)27-23(17-4-2-1-3-5-17)18-12-14-26-15-13-18/h1-15,23H,16H2,(H,27,28). The molecule has 1 N–H and O–H groups in total. The molecular formula is C24H19BrN2O3. The van der Waals surface area contributed by atoms with Gasteiger partial charge < -0.3 is 14.5 Å². The van der Waals surface area contributed by atoms with Crippen LogP contribution in [-0.4, -0.2) is 10.9 Å². The number of nitrogens with zero attached hydrogens (tertiary/aromatic N) is 1. The van der Waals surface area contributed by atoms with Crippen molar-refractivity contribution in [2.45, 2.75) is 12.6 Å². The van der Waals surface area contributed by atoms with Gasteiger partial charge in [-0.1, -0.05) is 46.3 Å². The van der Waals surface area contributed by atoms with Gasteiger partial charge in [-0.2, -0.15) is 0 Å². The molecule has 1 atom stereocenters. The van der Waals surface area contributed by atoms with Gasteiger partial charge in [0.15, 0.2) is 5.76 Å². The number of benzene rings is 2. The van der Waals surface area contributed by atoms with Crippen LogP contribution in [-0.2, 0) is 6.61 Å². The van der Waals surface area contributed by atoms with Crippen molar-refractivity contribution in [2.24, 2.45) is 0 Å². The van der Waals surface area contributed by atoms with Gasteiger partial charge in [0, 0.05) is 16.9 Å². The molecule has 0 saturated heterocycles. The Morgan fingerprint density at radius 3 is 2.37 bits per heavy atom. The number of nitrogens with one attached hydrogen (secondary N) is 1. The Hall–Kier alpha value is -3.38. The number of pyridine rings is 1.